The molecule has 4 rings (SSSR count). The number of aromatic amines is 1. The van der Waals surface area contributed by atoms with Crippen LogP contribution in [0.15, 0.2) is 71.5 Å². The van der Waals surface area contributed by atoms with Crippen LogP contribution in [-0.2, 0) is 0 Å². The molecule has 0 aliphatic heterocycles. The van der Waals surface area contributed by atoms with E-state index in [0.29, 0.717) is 27.4 Å². The van der Waals surface area contributed by atoms with E-state index in [4.69, 9.17) is 28.6 Å². The van der Waals surface area contributed by atoms with E-state index in [0.717, 1.165) is 0 Å². The normalized spacial score (nSPS) is 10.6. The van der Waals surface area contributed by atoms with Crippen LogP contribution in [0.4, 0.5) is 0 Å². The minimum Gasteiger partial charge on any atom is -0.496 e. The zero-order valence-electron chi connectivity index (χ0n) is 17.2. The maximum absolute atomic E-state index is 13.0. The molecule has 0 spiro atoms. The van der Waals surface area contributed by atoms with Gasteiger partial charge in [0.15, 0.2) is 4.77 Å². The van der Waals surface area contributed by atoms with Crippen LogP contribution in [0.1, 0.15) is 20.7 Å². The van der Waals surface area contributed by atoms with E-state index in [9.17, 15) is 14.4 Å². The van der Waals surface area contributed by atoms with Crippen LogP contribution >= 0.6 is 23.8 Å². The third kappa shape index (κ3) is 4.50. The van der Waals surface area contributed by atoms with Gasteiger partial charge < -0.3 is 9.72 Å². The Morgan fingerprint density at radius 3 is 2.45 bits per heavy atom. The van der Waals surface area contributed by atoms with Gasteiger partial charge in [-0.3, -0.25) is 29.8 Å². The Kier molecular flexibility index (Phi) is 6.25. The van der Waals surface area contributed by atoms with Crippen LogP contribution in [0.5, 0.6) is 5.75 Å². The fraction of sp³-hybridized carbons (Fsp3) is 0.0435. The quantitative estimate of drug-likeness (QED) is 0.304. The lowest BCUT2D eigenvalue weighted by atomic mass is 10.1. The van der Waals surface area contributed by atoms with E-state index in [1.165, 1.54) is 35.9 Å². The summed E-state index contributed by atoms with van der Waals surface area (Å²) in [6.45, 7) is 0. The molecule has 0 aliphatic carbocycles. The smallest absolute Gasteiger partial charge is 0.273 e. The molecule has 0 atom stereocenters. The number of carbonyl (C=O) groups is 2. The number of hydrogen-bond donors (Lipinski definition) is 3. The van der Waals surface area contributed by atoms with E-state index in [2.05, 4.69) is 15.8 Å². The number of carbonyl (C=O) groups excluding carboxylic acids is 2. The minimum absolute atomic E-state index is 0.161. The molecule has 8 nitrogen and oxygen atoms in total. The summed E-state index contributed by atoms with van der Waals surface area (Å²) in [7, 11) is 1.42. The molecule has 2 amide bonds. The van der Waals surface area contributed by atoms with Crippen molar-refractivity contribution < 1.29 is 14.3 Å². The van der Waals surface area contributed by atoms with Crippen molar-refractivity contribution in [2.45, 2.75) is 0 Å². The zero-order valence-corrected chi connectivity index (χ0v) is 18.8. The number of benzene rings is 3. The maximum Gasteiger partial charge on any atom is 0.273 e. The summed E-state index contributed by atoms with van der Waals surface area (Å²) in [5.41, 5.74) is 5.75. The van der Waals surface area contributed by atoms with Gasteiger partial charge in [-0.15, -0.1) is 0 Å². The maximum atomic E-state index is 13.0. The van der Waals surface area contributed by atoms with Gasteiger partial charge in [-0.2, -0.15) is 0 Å². The van der Waals surface area contributed by atoms with Gasteiger partial charge in [0.25, 0.3) is 17.4 Å². The molecule has 1 aromatic heterocycles. The molecule has 0 fully saturated rings. The largest absolute Gasteiger partial charge is 0.496 e. The second-order valence-electron chi connectivity index (χ2n) is 6.92. The Hall–Kier alpha value is -3.95. The number of hydrazine groups is 1. The van der Waals surface area contributed by atoms with E-state index in [-0.39, 0.29) is 21.5 Å². The molecule has 3 N–H and O–H groups in total. The number of H-pyrrole nitrogens is 1. The standard InChI is InChI=1S/C23H17ClN4O4S/c1-32-19-10-8-14(24)12-17(19)21(30)27-26-20(29)13-7-9-16-18(11-13)25-23(33)28(22(16)31)15-5-3-2-4-6-15/h2-12H,1H3,(H,25,33)(H,26,29)(H,27,30). The molecule has 0 saturated carbocycles. The first kappa shape index (κ1) is 22.3. The van der Waals surface area contributed by atoms with Crippen LogP contribution in [0, 0.1) is 4.77 Å². The summed E-state index contributed by atoms with van der Waals surface area (Å²) in [5, 5.41) is 0.704. The molecule has 0 radical (unpaired) electrons. The first-order valence-electron chi connectivity index (χ1n) is 9.68. The molecular formula is C23H17ClN4O4S. The molecule has 1 heterocycles. The van der Waals surface area contributed by atoms with Crippen molar-refractivity contribution in [3.8, 4) is 11.4 Å². The first-order valence-corrected chi connectivity index (χ1v) is 10.5. The van der Waals surface area contributed by atoms with Gasteiger partial charge in [-0.1, -0.05) is 29.8 Å². The van der Waals surface area contributed by atoms with Crippen LogP contribution in [0.2, 0.25) is 5.02 Å². The van der Waals surface area contributed by atoms with Gasteiger partial charge in [-0.05, 0) is 60.7 Å². The van der Waals surface area contributed by atoms with Gasteiger partial charge in [0, 0.05) is 10.6 Å². The van der Waals surface area contributed by atoms with Crippen molar-refractivity contribution in [3.05, 3.63) is 98.0 Å². The Balaban J connectivity index is 1.59. The summed E-state index contributed by atoms with van der Waals surface area (Å²) >= 11 is 11.3. The van der Waals surface area contributed by atoms with Gasteiger partial charge in [0.05, 0.1) is 29.3 Å². The van der Waals surface area contributed by atoms with Crippen molar-refractivity contribution in [2.75, 3.05) is 7.11 Å². The fourth-order valence-corrected chi connectivity index (χ4v) is 3.75. The number of methoxy groups -OCH3 is 1. The molecule has 0 saturated heterocycles. The summed E-state index contributed by atoms with van der Waals surface area (Å²) in [4.78, 5) is 41.0. The highest BCUT2D eigenvalue weighted by atomic mass is 35.5. The van der Waals surface area contributed by atoms with Gasteiger partial charge in [-0.25, -0.2) is 0 Å². The molecule has 0 aliphatic rings. The average Bonchev–Trinajstić information content (AvgIpc) is 2.82. The van der Waals surface area contributed by atoms with E-state index < -0.39 is 11.8 Å². The predicted octanol–water partition coefficient (Wildman–Crippen LogP) is 3.79. The van der Waals surface area contributed by atoms with Crippen molar-refractivity contribution in [1.29, 1.82) is 0 Å². The van der Waals surface area contributed by atoms with Crippen molar-refractivity contribution >= 4 is 46.5 Å². The molecule has 0 unspecified atom stereocenters. The Labute approximate surface area is 197 Å². The Morgan fingerprint density at radius 1 is 1.00 bits per heavy atom. The zero-order chi connectivity index (χ0) is 23.5. The van der Waals surface area contributed by atoms with Crippen LogP contribution < -0.4 is 21.1 Å². The summed E-state index contributed by atoms with van der Waals surface area (Å²) < 4.78 is 6.72. The molecule has 166 valence electrons. The average molecular weight is 481 g/mol. The van der Waals surface area contributed by atoms with E-state index in [1.54, 1.807) is 36.4 Å². The highest BCUT2D eigenvalue weighted by molar-refractivity contribution is 7.71. The molecule has 0 bridgehead atoms. The number of nitrogens with zero attached hydrogens (tertiary/aromatic N) is 1. The lowest BCUT2D eigenvalue weighted by molar-refractivity contribution is 0.0845. The number of fused-ring (bicyclic) bond motifs is 1. The van der Waals surface area contributed by atoms with Gasteiger partial charge in [0.1, 0.15) is 5.75 Å². The van der Waals surface area contributed by atoms with Crippen molar-refractivity contribution in [3.63, 3.8) is 0 Å². The molecule has 33 heavy (non-hydrogen) atoms. The Morgan fingerprint density at radius 2 is 1.73 bits per heavy atom. The SMILES string of the molecule is COc1ccc(Cl)cc1C(=O)NNC(=O)c1ccc2c(=O)n(-c3ccccc3)c(=S)[nH]c2c1. The lowest BCUT2D eigenvalue weighted by Crippen LogP contribution is -2.41. The summed E-state index contributed by atoms with van der Waals surface area (Å²) in [6.07, 6.45) is 0. The molecule has 10 heteroatoms. The summed E-state index contributed by atoms with van der Waals surface area (Å²) in [5.74, 6) is -0.884. The first-order chi connectivity index (χ1) is 15.9. The number of ether oxygens (including phenoxy) is 1. The fourth-order valence-electron chi connectivity index (χ4n) is 3.28. The number of nitrogens with one attached hydrogen (secondary N) is 3. The second-order valence-corrected chi connectivity index (χ2v) is 7.74. The highest BCUT2D eigenvalue weighted by Crippen LogP contribution is 2.22. The van der Waals surface area contributed by atoms with Gasteiger partial charge in [0.2, 0.25) is 0 Å². The number of para-hydroxylation sites is 1. The number of halogens is 1. The lowest BCUT2D eigenvalue weighted by Gasteiger charge is -2.11. The Bertz CT molecular complexity index is 1500. The number of hydrogen-bond acceptors (Lipinski definition) is 5. The third-order valence-corrected chi connectivity index (χ3v) is 5.39. The molecule has 3 aromatic carbocycles. The van der Waals surface area contributed by atoms with Crippen molar-refractivity contribution in [2.24, 2.45) is 0 Å². The number of rotatable bonds is 4. The van der Waals surface area contributed by atoms with Crippen LogP contribution in [-0.4, -0.2) is 28.5 Å². The minimum atomic E-state index is -0.603. The van der Waals surface area contributed by atoms with Gasteiger partial charge >= 0.3 is 0 Å². The third-order valence-electron chi connectivity index (χ3n) is 4.87. The summed E-state index contributed by atoms with van der Waals surface area (Å²) in [6, 6.07) is 18.1. The predicted molar refractivity (Wildman–Crippen MR) is 128 cm³/mol. The number of aromatic nitrogens is 2. The number of amides is 2. The molecule has 4 aromatic rings. The van der Waals surface area contributed by atoms with Crippen LogP contribution in [0.25, 0.3) is 16.6 Å². The van der Waals surface area contributed by atoms with E-state index in [1.807, 2.05) is 6.07 Å². The molecular weight excluding hydrogens is 464 g/mol. The topological polar surface area (TPSA) is 105 Å². The van der Waals surface area contributed by atoms with Crippen LogP contribution in [0.3, 0.4) is 0 Å². The van der Waals surface area contributed by atoms with E-state index >= 15 is 0 Å². The van der Waals surface area contributed by atoms with Crippen molar-refractivity contribution in [1.82, 2.24) is 20.4 Å². The second kappa shape index (κ2) is 9.27. The monoisotopic (exact) mass is 480 g/mol. The highest BCUT2D eigenvalue weighted by Gasteiger charge is 2.15.